The topological polar surface area (TPSA) is 105 Å². The van der Waals surface area contributed by atoms with Gasteiger partial charge in [0.15, 0.2) is 0 Å². The van der Waals surface area contributed by atoms with Crippen molar-refractivity contribution in [3.05, 3.63) is 90.0 Å². The lowest BCUT2D eigenvalue weighted by molar-refractivity contribution is -0.137. The number of ether oxygens (including phenoxy) is 1. The van der Waals surface area contributed by atoms with E-state index in [9.17, 15) is 14.4 Å². The van der Waals surface area contributed by atoms with Gasteiger partial charge in [-0.15, -0.1) is 0 Å². The number of para-hydroxylation sites is 1. The molecule has 3 aromatic rings. The van der Waals surface area contributed by atoms with Crippen LogP contribution in [0.15, 0.2) is 78.9 Å². The fourth-order valence-corrected chi connectivity index (χ4v) is 3.47. The average Bonchev–Trinajstić information content (AvgIpc) is 2.86. The van der Waals surface area contributed by atoms with E-state index in [2.05, 4.69) is 10.6 Å². The highest BCUT2D eigenvalue weighted by Crippen LogP contribution is 2.30. The first-order chi connectivity index (χ1) is 16.5. The number of aliphatic carboxylic acids is 1. The number of carbonyl (C=O) groups excluding carboxylic acids is 2. The maximum Gasteiger partial charge on any atom is 0.303 e. The van der Waals surface area contributed by atoms with Crippen LogP contribution in [0.2, 0.25) is 0 Å². The maximum absolute atomic E-state index is 12.8. The predicted octanol–water partition coefficient (Wildman–Crippen LogP) is 4.03. The maximum atomic E-state index is 12.8. The largest absolute Gasteiger partial charge is 0.493 e. The number of carboxylic acid groups (broad SMARTS) is 1. The third-order valence-electron chi connectivity index (χ3n) is 5.22. The number of nitrogens with one attached hydrogen (secondary N) is 2. The fourth-order valence-electron chi connectivity index (χ4n) is 3.47. The molecule has 0 bridgehead atoms. The number of amides is 2. The molecule has 0 spiro atoms. The van der Waals surface area contributed by atoms with E-state index in [1.54, 1.807) is 12.1 Å². The van der Waals surface area contributed by atoms with Gasteiger partial charge in [0.2, 0.25) is 5.91 Å². The molecule has 7 heteroatoms. The van der Waals surface area contributed by atoms with Crippen molar-refractivity contribution in [3.8, 4) is 16.9 Å². The van der Waals surface area contributed by atoms with Gasteiger partial charge in [-0.2, -0.15) is 0 Å². The molecule has 0 aliphatic carbocycles. The molecule has 176 valence electrons. The van der Waals surface area contributed by atoms with Crippen LogP contribution in [0.4, 0.5) is 0 Å². The van der Waals surface area contributed by atoms with E-state index in [4.69, 9.17) is 9.84 Å². The van der Waals surface area contributed by atoms with Crippen molar-refractivity contribution >= 4 is 17.8 Å². The highest BCUT2D eigenvalue weighted by Gasteiger charge is 2.22. The third-order valence-corrected chi connectivity index (χ3v) is 5.22. The summed E-state index contributed by atoms with van der Waals surface area (Å²) in [6.45, 7) is 2.75. The molecule has 0 aliphatic rings. The summed E-state index contributed by atoms with van der Waals surface area (Å²) in [5, 5.41) is 14.5. The third kappa shape index (κ3) is 6.93. The van der Waals surface area contributed by atoms with Crippen LogP contribution in [-0.2, 0) is 16.1 Å². The van der Waals surface area contributed by atoms with Gasteiger partial charge in [-0.1, -0.05) is 60.7 Å². The van der Waals surface area contributed by atoms with Gasteiger partial charge < -0.3 is 20.5 Å². The molecule has 3 N–H and O–H groups in total. The minimum absolute atomic E-state index is 0.0124. The number of rotatable bonds is 11. The van der Waals surface area contributed by atoms with E-state index >= 15 is 0 Å². The summed E-state index contributed by atoms with van der Waals surface area (Å²) >= 11 is 0. The monoisotopic (exact) mass is 460 g/mol. The highest BCUT2D eigenvalue weighted by atomic mass is 16.5. The zero-order valence-corrected chi connectivity index (χ0v) is 19.0. The fraction of sp³-hybridized carbons (Fsp3) is 0.222. The second-order valence-electron chi connectivity index (χ2n) is 7.67. The Morgan fingerprint density at radius 1 is 0.912 bits per heavy atom. The quantitative estimate of drug-likeness (QED) is 0.401. The second kappa shape index (κ2) is 12.2. The van der Waals surface area contributed by atoms with E-state index < -0.39 is 23.8 Å². The molecule has 3 rings (SSSR count). The predicted molar refractivity (Wildman–Crippen MR) is 129 cm³/mol. The Morgan fingerprint density at radius 3 is 2.26 bits per heavy atom. The Hall–Kier alpha value is -4.13. The summed E-state index contributed by atoms with van der Waals surface area (Å²) in [5.41, 5.74) is 3.08. The van der Waals surface area contributed by atoms with Crippen LogP contribution < -0.4 is 15.4 Å². The van der Waals surface area contributed by atoms with Gasteiger partial charge in [0.05, 0.1) is 6.61 Å². The van der Waals surface area contributed by atoms with Crippen LogP contribution in [-0.4, -0.2) is 35.5 Å². The van der Waals surface area contributed by atoms with Crippen molar-refractivity contribution in [2.24, 2.45) is 0 Å². The van der Waals surface area contributed by atoms with Gasteiger partial charge in [0.25, 0.3) is 5.91 Å². The Morgan fingerprint density at radius 2 is 1.59 bits per heavy atom. The average molecular weight is 461 g/mol. The Balaban J connectivity index is 1.69. The standard InChI is InChI=1S/C27H28N2O5/c1-2-34-24-11-7-6-10-22(24)20-12-14-21(15-13-20)26(32)29-23(16-17-25(30)31)27(33)28-18-19-8-4-3-5-9-19/h3-15,23H,2,16-18H2,1H3,(H,28,33)(H,29,32)(H,30,31)/t23-/m0/s1. The summed E-state index contributed by atoms with van der Waals surface area (Å²) in [6, 6.07) is 23.0. The van der Waals surface area contributed by atoms with Crippen LogP contribution in [0.1, 0.15) is 35.7 Å². The van der Waals surface area contributed by atoms with Gasteiger partial charge in [-0.05, 0) is 42.7 Å². The molecule has 2 amide bonds. The van der Waals surface area contributed by atoms with Crippen molar-refractivity contribution in [3.63, 3.8) is 0 Å². The first-order valence-corrected chi connectivity index (χ1v) is 11.1. The highest BCUT2D eigenvalue weighted by molar-refractivity contribution is 5.98. The van der Waals surface area contributed by atoms with E-state index in [1.165, 1.54) is 0 Å². The zero-order valence-electron chi connectivity index (χ0n) is 19.0. The molecule has 0 aromatic heterocycles. The molecular formula is C27H28N2O5. The summed E-state index contributed by atoms with van der Waals surface area (Å²) in [5.74, 6) is -1.16. The molecule has 0 aliphatic heterocycles. The van der Waals surface area contributed by atoms with Crippen LogP contribution in [0.5, 0.6) is 5.75 Å². The Kier molecular flexibility index (Phi) is 8.80. The number of carbonyl (C=O) groups is 3. The molecular weight excluding hydrogens is 432 g/mol. The lowest BCUT2D eigenvalue weighted by Crippen LogP contribution is -2.46. The minimum Gasteiger partial charge on any atom is -0.493 e. The summed E-state index contributed by atoms with van der Waals surface area (Å²) in [7, 11) is 0. The number of hydrogen-bond acceptors (Lipinski definition) is 4. The molecule has 34 heavy (non-hydrogen) atoms. The van der Waals surface area contributed by atoms with Crippen LogP contribution >= 0.6 is 0 Å². The SMILES string of the molecule is CCOc1ccccc1-c1ccc(C(=O)N[C@@H](CCC(=O)O)C(=O)NCc2ccccc2)cc1. The molecule has 0 fully saturated rings. The number of benzene rings is 3. The number of carboxylic acids is 1. The number of hydrogen-bond donors (Lipinski definition) is 3. The first kappa shape index (κ1) is 24.5. The van der Waals surface area contributed by atoms with E-state index in [0.29, 0.717) is 12.2 Å². The lowest BCUT2D eigenvalue weighted by Gasteiger charge is -2.18. The van der Waals surface area contributed by atoms with Crippen LogP contribution in [0.3, 0.4) is 0 Å². The van der Waals surface area contributed by atoms with Gasteiger partial charge in [-0.25, -0.2) is 0 Å². The van der Waals surface area contributed by atoms with Crippen molar-refractivity contribution in [1.82, 2.24) is 10.6 Å². The minimum atomic E-state index is -1.03. The normalized spacial score (nSPS) is 11.3. The molecule has 0 heterocycles. The van der Waals surface area contributed by atoms with Crippen molar-refractivity contribution in [1.29, 1.82) is 0 Å². The smallest absolute Gasteiger partial charge is 0.303 e. The first-order valence-electron chi connectivity index (χ1n) is 11.1. The molecule has 0 saturated carbocycles. The van der Waals surface area contributed by atoms with Gasteiger partial charge in [0, 0.05) is 24.1 Å². The van der Waals surface area contributed by atoms with E-state index in [1.807, 2.05) is 73.7 Å². The van der Waals surface area contributed by atoms with Crippen molar-refractivity contribution in [2.45, 2.75) is 32.4 Å². The zero-order chi connectivity index (χ0) is 24.3. The molecule has 7 nitrogen and oxygen atoms in total. The Bertz CT molecular complexity index is 1110. The van der Waals surface area contributed by atoms with Crippen LogP contribution in [0.25, 0.3) is 11.1 Å². The van der Waals surface area contributed by atoms with Crippen LogP contribution in [0, 0.1) is 0 Å². The molecule has 0 saturated heterocycles. The molecule has 0 radical (unpaired) electrons. The summed E-state index contributed by atoms with van der Waals surface area (Å²) in [6.07, 6.45) is -0.252. The van der Waals surface area contributed by atoms with Gasteiger partial charge in [0.1, 0.15) is 11.8 Å². The molecule has 1 atom stereocenters. The van der Waals surface area contributed by atoms with Crippen molar-refractivity contribution in [2.75, 3.05) is 6.61 Å². The van der Waals surface area contributed by atoms with Crippen molar-refractivity contribution < 1.29 is 24.2 Å². The van der Waals surface area contributed by atoms with Gasteiger partial charge in [-0.3, -0.25) is 14.4 Å². The molecule has 3 aromatic carbocycles. The Labute approximate surface area is 198 Å². The molecule has 0 unspecified atom stereocenters. The van der Waals surface area contributed by atoms with E-state index in [0.717, 1.165) is 22.4 Å². The second-order valence-corrected chi connectivity index (χ2v) is 7.67. The van der Waals surface area contributed by atoms with Gasteiger partial charge >= 0.3 is 5.97 Å². The van der Waals surface area contributed by atoms with E-state index in [-0.39, 0.29) is 19.4 Å². The summed E-state index contributed by atoms with van der Waals surface area (Å²) < 4.78 is 5.68. The summed E-state index contributed by atoms with van der Waals surface area (Å²) in [4.78, 5) is 36.6. The lowest BCUT2D eigenvalue weighted by atomic mass is 10.0.